The minimum atomic E-state index is -1.58. The summed E-state index contributed by atoms with van der Waals surface area (Å²) >= 11 is 0. The molecule has 0 unspecified atom stereocenters. The van der Waals surface area contributed by atoms with E-state index in [1.807, 2.05) is 12.1 Å². The third-order valence-electron chi connectivity index (χ3n) is 8.96. The van der Waals surface area contributed by atoms with E-state index >= 15 is 13.2 Å². The molecule has 232 valence electrons. The molecule has 0 radical (unpaired) electrons. The van der Waals surface area contributed by atoms with Crippen LogP contribution in [-0.4, -0.2) is 0 Å². The number of halogens is 6. The Labute approximate surface area is 258 Å². The Hall–Kier alpha value is -4.26. The van der Waals surface area contributed by atoms with E-state index in [0.717, 1.165) is 29.7 Å². The topological polar surface area (TPSA) is 9.23 Å². The van der Waals surface area contributed by atoms with Crippen molar-refractivity contribution in [2.45, 2.75) is 58.0 Å². The molecule has 6 rings (SSSR count). The molecular formula is C38H32F6O. The number of benzene rings is 5. The lowest BCUT2D eigenvalue weighted by molar-refractivity contribution is 0.274. The van der Waals surface area contributed by atoms with Gasteiger partial charge in [-0.15, -0.1) is 0 Å². The van der Waals surface area contributed by atoms with Crippen molar-refractivity contribution in [3.05, 3.63) is 125 Å². The molecule has 0 spiro atoms. The van der Waals surface area contributed by atoms with Gasteiger partial charge >= 0.3 is 0 Å². The second kappa shape index (κ2) is 13.0. The maximum Gasteiger partial charge on any atom is 0.195 e. The van der Waals surface area contributed by atoms with Gasteiger partial charge in [0.1, 0.15) is 12.4 Å². The lowest BCUT2D eigenvalue weighted by Crippen LogP contribution is -2.13. The van der Waals surface area contributed by atoms with Crippen molar-refractivity contribution in [1.82, 2.24) is 0 Å². The second-order valence-electron chi connectivity index (χ2n) is 11.9. The highest BCUT2D eigenvalue weighted by Crippen LogP contribution is 2.39. The Kier molecular flexibility index (Phi) is 8.88. The summed E-state index contributed by atoms with van der Waals surface area (Å²) in [6.07, 6.45) is 7.45. The summed E-state index contributed by atoms with van der Waals surface area (Å²) in [6, 6.07) is 19.6. The molecule has 7 heteroatoms. The van der Waals surface area contributed by atoms with Crippen LogP contribution in [0.4, 0.5) is 26.3 Å². The van der Waals surface area contributed by atoms with E-state index in [2.05, 4.69) is 19.1 Å². The molecule has 0 saturated heterocycles. The van der Waals surface area contributed by atoms with Gasteiger partial charge in [-0.3, -0.25) is 0 Å². The zero-order valence-corrected chi connectivity index (χ0v) is 24.8. The van der Waals surface area contributed by atoms with Crippen LogP contribution >= 0.6 is 0 Å². The molecule has 0 bridgehead atoms. The van der Waals surface area contributed by atoms with Gasteiger partial charge in [0.25, 0.3) is 0 Å². The van der Waals surface area contributed by atoms with Gasteiger partial charge in [-0.1, -0.05) is 68.3 Å². The highest BCUT2D eigenvalue weighted by atomic mass is 19.2. The molecule has 0 aliphatic heterocycles. The van der Waals surface area contributed by atoms with Crippen LogP contribution in [0.2, 0.25) is 0 Å². The van der Waals surface area contributed by atoms with Crippen LogP contribution in [0.5, 0.6) is 5.75 Å². The van der Waals surface area contributed by atoms with Gasteiger partial charge in [-0.25, -0.2) is 26.3 Å². The van der Waals surface area contributed by atoms with Gasteiger partial charge in [0, 0.05) is 10.9 Å². The maximum absolute atomic E-state index is 15.3. The maximum atomic E-state index is 15.3. The first-order valence-corrected chi connectivity index (χ1v) is 15.3. The van der Waals surface area contributed by atoms with Crippen LogP contribution in [0.1, 0.15) is 62.5 Å². The Morgan fingerprint density at radius 2 is 1.29 bits per heavy atom. The SMILES string of the molecule is CCCC1CCC(c2ccc(-c3ccc(-c4cc(F)c(OCc5ccc6c(F)c(F)c(F)cc6c5)c(F)c4)c(F)c3)cc2)CC1. The van der Waals surface area contributed by atoms with Crippen molar-refractivity contribution >= 4 is 10.8 Å². The lowest BCUT2D eigenvalue weighted by atomic mass is 9.77. The summed E-state index contributed by atoms with van der Waals surface area (Å²) in [5.41, 5.74) is 3.22. The Morgan fingerprint density at radius 1 is 0.622 bits per heavy atom. The van der Waals surface area contributed by atoms with E-state index in [0.29, 0.717) is 17.0 Å². The number of rotatable bonds is 8. The molecule has 1 saturated carbocycles. The smallest absolute Gasteiger partial charge is 0.195 e. The third-order valence-corrected chi connectivity index (χ3v) is 8.96. The predicted octanol–water partition coefficient (Wildman–Crippen LogP) is 11.7. The molecule has 5 aromatic carbocycles. The second-order valence-corrected chi connectivity index (χ2v) is 11.9. The first kappa shape index (κ1) is 30.8. The summed E-state index contributed by atoms with van der Waals surface area (Å²) < 4.78 is 91.8. The standard InChI is InChI=1S/C38H32F6O/c1-2-3-22-4-7-24(8-5-22)25-9-11-26(12-10-25)27-13-15-30(32(39)17-27)29-19-34(41)38(35(42)20-29)45-21-23-6-14-31-28(16-23)18-33(40)37(44)36(31)43/h6,9-20,22,24H,2-5,7-8,21H2,1H3. The normalized spacial score (nSPS) is 16.7. The van der Waals surface area contributed by atoms with Gasteiger partial charge in [-0.2, -0.15) is 0 Å². The summed E-state index contributed by atoms with van der Waals surface area (Å²) in [4.78, 5) is 0. The Balaban J connectivity index is 1.15. The first-order valence-electron chi connectivity index (χ1n) is 15.3. The molecule has 0 aromatic heterocycles. The van der Waals surface area contributed by atoms with E-state index in [1.165, 1.54) is 74.4 Å². The van der Waals surface area contributed by atoms with Crippen LogP contribution in [0.15, 0.2) is 78.9 Å². The van der Waals surface area contributed by atoms with Gasteiger partial charge in [0.05, 0.1) is 0 Å². The van der Waals surface area contributed by atoms with Crippen LogP contribution in [0, 0.1) is 40.8 Å². The average Bonchev–Trinajstić information content (AvgIpc) is 3.04. The zero-order valence-electron chi connectivity index (χ0n) is 24.8. The molecule has 1 aliphatic rings. The van der Waals surface area contributed by atoms with Crippen molar-refractivity contribution in [2.24, 2.45) is 5.92 Å². The number of fused-ring (bicyclic) bond motifs is 1. The Bertz CT molecular complexity index is 1820. The molecule has 45 heavy (non-hydrogen) atoms. The third kappa shape index (κ3) is 6.44. The Morgan fingerprint density at radius 3 is 1.96 bits per heavy atom. The molecule has 1 nitrogen and oxygen atoms in total. The highest BCUT2D eigenvalue weighted by Gasteiger charge is 2.22. The van der Waals surface area contributed by atoms with Crippen molar-refractivity contribution in [2.75, 3.05) is 0 Å². The van der Waals surface area contributed by atoms with Gasteiger partial charge in [0.15, 0.2) is 34.8 Å². The van der Waals surface area contributed by atoms with Crippen LogP contribution < -0.4 is 4.74 Å². The number of ether oxygens (including phenoxy) is 1. The fraction of sp³-hybridized carbons (Fsp3) is 0.263. The van der Waals surface area contributed by atoms with Crippen molar-refractivity contribution < 1.29 is 31.1 Å². The lowest BCUT2D eigenvalue weighted by Gasteiger charge is -2.28. The average molecular weight is 619 g/mol. The van der Waals surface area contributed by atoms with Gasteiger partial charge in [-0.05, 0) is 101 Å². The van der Waals surface area contributed by atoms with Crippen LogP contribution in [0.3, 0.4) is 0 Å². The molecule has 1 fully saturated rings. The zero-order chi connectivity index (χ0) is 31.7. The first-order chi connectivity index (χ1) is 21.7. The summed E-state index contributed by atoms with van der Waals surface area (Å²) in [5, 5.41) is -0.0623. The van der Waals surface area contributed by atoms with E-state index in [-0.39, 0.29) is 28.5 Å². The summed E-state index contributed by atoms with van der Waals surface area (Å²) in [7, 11) is 0. The van der Waals surface area contributed by atoms with E-state index in [1.54, 1.807) is 6.07 Å². The van der Waals surface area contributed by atoms with Crippen molar-refractivity contribution in [3.63, 3.8) is 0 Å². The summed E-state index contributed by atoms with van der Waals surface area (Å²) in [5.74, 6) is -6.22. The molecule has 0 heterocycles. The monoisotopic (exact) mass is 618 g/mol. The highest BCUT2D eigenvalue weighted by molar-refractivity contribution is 5.84. The molecular weight excluding hydrogens is 586 g/mol. The van der Waals surface area contributed by atoms with Crippen molar-refractivity contribution in [1.29, 1.82) is 0 Å². The van der Waals surface area contributed by atoms with Crippen LogP contribution in [-0.2, 0) is 6.61 Å². The van der Waals surface area contributed by atoms with Gasteiger partial charge in [0.2, 0.25) is 0 Å². The minimum Gasteiger partial charge on any atom is -0.483 e. The van der Waals surface area contributed by atoms with Crippen molar-refractivity contribution in [3.8, 4) is 28.0 Å². The molecule has 0 N–H and O–H groups in total. The largest absolute Gasteiger partial charge is 0.483 e. The summed E-state index contributed by atoms with van der Waals surface area (Å²) in [6.45, 7) is 1.91. The number of hydrogen-bond donors (Lipinski definition) is 0. The van der Waals surface area contributed by atoms with E-state index in [4.69, 9.17) is 4.74 Å². The fourth-order valence-corrected chi connectivity index (χ4v) is 6.52. The van der Waals surface area contributed by atoms with Crippen LogP contribution in [0.25, 0.3) is 33.0 Å². The molecule has 0 amide bonds. The predicted molar refractivity (Wildman–Crippen MR) is 165 cm³/mol. The molecule has 0 atom stereocenters. The van der Waals surface area contributed by atoms with Gasteiger partial charge < -0.3 is 4.74 Å². The quantitative estimate of drug-likeness (QED) is 0.124. The fourth-order valence-electron chi connectivity index (χ4n) is 6.52. The minimum absolute atomic E-state index is 0.00843. The molecule has 1 aliphatic carbocycles. The number of hydrogen-bond acceptors (Lipinski definition) is 1. The van der Waals surface area contributed by atoms with E-state index < -0.39 is 40.7 Å². The molecule has 5 aromatic rings. The van der Waals surface area contributed by atoms with E-state index in [9.17, 15) is 13.2 Å².